The standard InChI is InChI=1S/C15H29ClO2/c1-3-5-6-7-8-9-10-11-12-13-14(16)18-15(17)4-2/h14H,3-13H2,1-2H3. The van der Waals surface area contributed by atoms with Crippen molar-refractivity contribution < 1.29 is 9.53 Å². The highest BCUT2D eigenvalue weighted by Crippen LogP contribution is 2.14. The van der Waals surface area contributed by atoms with Crippen molar-refractivity contribution in [1.29, 1.82) is 0 Å². The van der Waals surface area contributed by atoms with E-state index in [4.69, 9.17) is 16.3 Å². The molecule has 18 heavy (non-hydrogen) atoms. The van der Waals surface area contributed by atoms with Gasteiger partial charge in [0.1, 0.15) is 0 Å². The normalized spacial score (nSPS) is 12.4. The van der Waals surface area contributed by atoms with E-state index < -0.39 is 5.56 Å². The average Bonchev–Trinajstić information content (AvgIpc) is 2.36. The number of rotatable bonds is 12. The second kappa shape index (κ2) is 13.2. The van der Waals surface area contributed by atoms with E-state index >= 15 is 0 Å². The van der Waals surface area contributed by atoms with Gasteiger partial charge in [-0.05, 0) is 12.8 Å². The van der Waals surface area contributed by atoms with Gasteiger partial charge in [-0.1, -0.05) is 76.8 Å². The number of carbonyl (C=O) groups excluding carboxylic acids is 1. The van der Waals surface area contributed by atoms with Gasteiger partial charge < -0.3 is 4.74 Å². The van der Waals surface area contributed by atoms with Gasteiger partial charge in [-0.3, -0.25) is 4.79 Å². The molecule has 0 saturated heterocycles. The van der Waals surface area contributed by atoms with Crippen LogP contribution in [-0.4, -0.2) is 11.5 Å². The van der Waals surface area contributed by atoms with Gasteiger partial charge in [-0.15, -0.1) is 0 Å². The topological polar surface area (TPSA) is 26.3 Å². The molecular formula is C15H29ClO2. The molecular weight excluding hydrogens is 248 g/mol. The first-order valence-corrected chi connectivity index (χ1v) is 7.97. The summed E-state index contributed by atoms with van der Waals surface area (Å²) in [6, 6.07) is 0. The van der Waals surface area contributed by atoms with Crippen LogP contribution in [0.3, 0.4) is 0 Å². The van der Waals surface area contributed by atoms with Crippen LogP contribution in [0, 0.1) is 0 Å². The van der Waals surface area contributed by atoms with E-state index in [2.05, 4.69) is 6.92 Å². The Balaban J connectivity index is 3.17. The highest BCUT2D eigenvalue weighted by atomic mass is 35.5. The van der Waals surface area contributed by atoms with Crippen molar-refractivity contribution in [1.82, 2.24) is 0 Å². The van der Waals surface area contributed by atoms with E-state index in [-0.39, 0.29) is 5.97 Å². The molecule has 1 unspecified atom stereocenters. The van der Waals surface area contributed by atoms with Crippen LogP contribution in [0.15, 0.2) is 0 Å². The van der Waals surface area contributed by atoms with E-state index in [9.17, 15) is 4.79 Å². The summed E-state index contributed by atoms with van der Waals surface area (Å²) in [7, 11) is 0. The van der Waals surface area contributed by atoms with Crippen LogP contribution >= 0.6 is 11.6 Å². The first-order valence-electron chi connectivity index (χ1n) is 7.54. The lowest BCUT2D eigenvalue weighted by molar-refractivity contribution is -0.145. The second-order valence-electron chi connectivity index (χ2n) is 4.87. The molecule has 0 bridgehead atoms. The Hall–Kier alpha value is -0.240. The Kier molecular flexibility index (Phi) is 13.0. The zero-order valence-corrected chi connectivity index (χ0v) is 12.8. The third-order valence-corrected chi connectivity index (χ3v) is 3.39. The maximum absolute atomic E-state index is 11.0. The number of halogens is 1. The minimum atomic E-state index is -0.429. The van der Waals surface area contributed by atoms with Crippen molar-refractivity contribution in [3.8, 4) is 0 Å². The molecule has 0 aromatic rings. The van der Waals surface area contributed by atoms with Crippen molar-refractivity contribution in [2.45, 2.75) is 90.0 Å². The van der Waals surface area contributed by atoms with E-state index in [1.54, 1.807) is 6.92 Å². The van der Waals surface area contributed by atoms with Gasteiger partial charge in [0.2, 0.25) is 0 Å². The molecule has 0 saturated carbocycles. The molecule has 0 fully saturated rings. The molecule has 0 aromatic carbocycles. The second-order valence-corrected chi connectivity index (χ2v) is 5.36. The summed E-state index contributed by atoms with van der Waals surface area (Å²) in [6.07, 6.45) is 12.8. The molecule has 0 amide bonds. The quantitative estimate of drug-likeness (QED) is 0.270. The largest absolute Gasteiger partial charge is 0.446 e. The third-order valence-electron chi connectivity index (χ3n) is 3.08. The fourth-order valence-corrected chi connectivity index (χ4v) is 2.15. The first-order chi connectivity index (χ1) is 8.70. The summed E-state index contributed by atoms with van der Waals surface area (Å²) in [5.41, 5.74) is -0.429. The Morgan fingerprint density at radius 1 is 0.944 bits per heavy atom. The molecule has 2 nitrogen and oxygen atoms in total. The van der Waals surface area contributed by atoms with Gasteiger partial charge in [0.05, 0.1) is 0 Å². The van der Waals surface area contributed by atoms with E-state index in [0.29, 0.717) is 6.42 Å². The van der Waals surface area contributed by atoms with Gasteiger partial charge in [-0.2, -0.15) is 0 Å². The molecule has 0 rings (SSSR count). The molecule has 0 radical (unpaired) electrons. The third kappa shape index (κ3) is 12.2. The van der Waals surface area contributed by atoms with Crippen LogP contribution in [0.5, 0.6) is 0 Å². The number of unbranched alkanes of at least 4 members (excludes halogenated alkanes) is 8. The van der Waals surface area contributed by atoms with E-state index in [1.165, 1.54) is 51.4 Å². The summed E-state index contributed by atoms with van der Waals surface area (Å²) in [4.78, 5) is 11.0. The molecule has 0 heterocycles. The van der Waals surface area contributed by atoms with Crippen LogP contribution < -0.4 is 0 Å². The molecule has 0 aliphatic carbocycles. The Morgan fingerprint density at radius 2 is 1.44 bits per heavy atom. The van der Waals surface area contributed by atoms with Crippen LogP contribution in [0.2, 0.25) is 0 Å². The maximum Gasteiger partial charge on any atom is 0.306 e. The minimum absolute atomic E-state index is 0.203. The summed E-state index contributed by atoms with van der Waals surface area (Å²) >= 11 is 5.91. The Bertz CT molecular complexity index is 195. The van der Waals surface area contributed by atoms with Gasteiger partial charge in [0, 0.05) is 6.42 Å². The molecule has 1 atom stereocenters. The van der Waals surface area contributed by atoms with Crippen LogP contribution in [0.1, 0.15) is 84.5 Å². The highest BCUT2D eigenvalue weighted by Gasteiger charge is 2.08. The smallest absolute Gasteiger partial charge is 0.306 e. The predicted molar refractivity (Wildman–Crippen MR) is 77.9 cm³/mol. The van der Waals surface area contributed by atoms with Crippen molar-refractivity contribution in [3.05, 3.63) is 0 Å². The van der Waals surface area contributed by atoms with Gasteiger partial charge in [0.25, 0.3) is 0 Å². The molecule has 0 N–H and O–H groups in total. The fraction of sp³-hybridized carbons (Fsp3) is 0.933. The number of alkyl halides is 1. The Labute approximate surface area is 117 Å². The van der Waals surface area contributed by atoms with Crippen LogP contribution in [0.4, 0.5) is 0 Å². The SMILES string of the molecule is CCCCCCCCCCCC(Cl)OC(=O)CC. The zero-order chi connectivity index (χ0) is 13.6. The molecule has 0 aliphatic heterocycles. The van der Waals surface area contributed by atoms with Gasteiger partial charge in [-0.25, -0.2) is 0 Å². The van der Waals surface area contributed by atoms with Crippen LogP contribution in [0.25, 0.3) is 0 Å². The lowest BCUT2D eigenvalue weighted by atomic mass is 10.1. The van der Waals surface area contributed by atoms with Crippen molar-refractivity contribution in [2.24, 2.45) is 0 Å². The minimum Gasteiger partial charge on any atom is -0.446 e. The van der Waals surface area contributed by atoms with Gasteiger partial charge in [0.15, 0.2) is 5.56 Å². The number of carbonyl (C=O) groups is 1. The fourth-order valence-electron chi connectivity index (χ4n) is 1.90. The molecule has 0 spiro atoms. The summed E-state index contributed by atoms with van der Waals surface area (Å²) in [5, 5.41) is 0. The summed E-state index contributed by atoms with van der Waals surface area (Å²) in [5.74, 6) is -0.203. The van der Waals surface area contributed by atoms with E-state index in [0.717, 1.165) is 12.8 Å². The van der Waals surface area contributed by atoms with Crippen LogP contribution in [-0.2, 0) is 9.53 Å². The van der Waals surface area contributed by atoms with Gasteiger partial charge >= 0.3 is 5.97 Å². The Morgan fingerprint density at radius 3 is 1.94 bits per heavy atom. The predicted octanol–water partition coefficient (Wildman–Crippen LogP) is 5.43. The maximum atomic E-state index is 11.0. The number of esters is 1. The molecule has 108 valence electrons. The van der Waals surface area contributed by atoms with Crippen molar-refractivity contribution >= 4 is 17.6 Å². The monoisotopic (exact) mass is 276 g/mol. The summed E-state index contributed by atoms with van der Waals surface area (Å²) in [6.45, 7) is 4.03. The average molecular weight is 277 g/mol. The number of ether oxygens (including phenoxy) is 1. The number of hydrogen-bond donors (Lipinski definition) is 0. The molecule has 0 aliphatic rings. The molecule has 3 heteroatoms. The highest BCUT2D eigenvalue weighted by molar-refractivity contribution is 6.20. The zero-order valence-electron chi connectivity index (χ0n) is 12.0. The molecule has 0 aromatic heterocycles. The van der Waals surface area contributed by atoms with E-state index in [1.807, 2.05) is 0 Å². The number of hydrogen-bond acceptors (Lipinski definition) is 2. The first kappa shape index (κ1) is 17.8. The lowest BCUT2D eigenvalue weighted by Gasteiger charge is -2.10. The van der Waals surface area contributed by atoms with Crippen molar-refractivity contribution in [2.75, 3.05) is 0 Å². The van der Waals surface area contributed by atoms with Crippen molar-refractivity contribution in [3.63, 3.8) is 0 Å². The lowest BCUT2D eigenvalue weighted by Crippen LogP contribution is -2.11. The summed E-state index contributed by atoms with van der Waals surface area (Å²) < 4.78 is 5.00.